The Hall–Kier alpha value is -3.59. The van der Waals surface area contributed by atoms with Gasteiger partial charge in [0.2, 0.25) is 0 Å². The fourth-order valence-corrected chi connectivity index (χ4v) is 2.62. The zero-order valence-corrected chi connectivity index (χ0v) is 16.6. The minimum absolute atomic E-state index is 0.0131. The minimum Gasteiger partial charge on any atom is -0.480 e. The van der Waals surface area contributed by atoms with Gasteiger partial charge in [-0.1, -0.05) is 35.9 Å². The van der Waals surface area contributed by atoms with Gasteiger partial charge in [0.15, 0.2) is 0 Å². The molecule has 3 amide bonds. The number of aliphatic carboxylic acids is 1. The van der Waals surface area contributed by atoms with Crippen LogP contribution in [0.1, 0.15) is 22.8 Å². The van der Waals surface area contributed by atoms with E-state index in [0.717, 1.165) is 0 Å². The van der Waals surface area contributed by atoms with Crippen LogP contribution in [0.3, 0.4) is 0 Å². The number of ether oxygens (including phenoxy) is 2. The van der Waals surface area contributed by atoms with Crippen molar-refractivity contribution in [3.63, 3.8) is 0 Å². The van der Waals surface area contributed by atoms with Crippen LogP contribution in [0.5, 0.6) is 5.75 Å². The lowest BCUT2D eigenvalue weighted by molar-refractivity contribution is -0.139. The van der Waals surface area contributed by atoms with E-state index in [0.29, 0.717) is 5.56 Å². The number of nitrogens with one attached hydrogen (secondary N) is 2. The number of carboxylic acids is 1. The molecule has 3 N–H and O–H groups in total. The fraction of sp³-hybridized carbons (Fsp3) is 0.200. The predicted molar refractivity (Wildman–Crippen MR) is 107 cm³/mol. The highest BCUT2D eigenvalue weighted by Crippen LogP contribution is 2.16. The van der Waals surface area contributed by atoms with Crippen molar-refractivity contribution in [2.75, 3.05) is 6.61 Å². The van der Waals surface area contributed by atoms with E-state index in [2.05, 4.69) is 10.1 Å². The lowest BCUT2D eigenvalue weighted by atomic mass is 10.1. The molecular formula is C20H19ClN2O7. The topological polar surface area (TPSA) is 131 Å². The predicted octanol–water partition coefficient (Wildman–Crippen LogP) is 3.01. The monoisotopic (exact) mass is 434 g/mol. The molecule has 0 heterocycles. The lowest BCUT2D eigenvalue weighted by Gasteiger charge is -2.15. The summed E-state index contributed by atoms with van der Waals surface area (Å²) in [6.45, 7) is 1.69. The highest BCUT2D eigenvalue weighted by atomic mass is 35.5. The molecule has 0 aromatic heterocycles. The van der Waals surface area contributed by atoms with Crippen LogP contribution in [-0.2, 0) is 16.0 Å². The molecule has 2 rings (SSSR count). The molecule has 2 aromatic carbocycles. The van der Waals surface area contributed by atoms with E-state index in [-0.39, 0.29) is 29.4 Å². The van der Waals surface area contributed by atoms with Crippen molar-refractivity contribution < 1.29 is 33.8 Å². The van der Waals surface area contributed by atoms with Crippen LogP contribution < -0.4 is 15.4 Å². The molecule has 0 aliphatic rings. The summed E-state index contributed by atoms with van der Waals surface area (Å²) in [7, 11) is 0. The number of hydrogen-bond donors (Lipinski definition) is 3. The van der Waals surface area contributed by atoms with Gasteiger partial charge in [-0.05, 0) is 36.8 Å². The van der Waals surface area contributed by atoms with Crippen LogP contribution in [0.2, 0.25) is 5.02 Å². The third-order valence-electron chi connectivity index (χ3n) is 3.78. The molecule has 0 aliphatic heterocycles. The van der Waals surface area contributed by atoms with Crippen molar-refractivity contribution in [1.82, 2.24) is 10.6 Å². The normalized spacial score (nSPS) is 11.1. The number of rotatable bonds is 7. The maximum Gasteiger partial charge on any atom is 0.422 e. The highest BCUT2D eigenvalue weighted by molar-refractivity contribution is 6.33. The van der Waals surface area contributed by atoms with Crippen molar-refractivity contribution in [1.29, 1.82) is 0 Å². The first-order valence-electron chi connectivity index (χ1n) is 8.83. The molecule has 0 unspecified atom stereocenters. The maximum absolute atomic E-state index is 12.3. The molecule has 0 radical (unpaired) electrons. The summed E-state index contributed by atoms with van der Waals surface area (Å²) in [5.41, 5.74) is 0.738. The summed E-state index contributed by atoms with van der Waals surface area (Å²) in [6.07, 6.45) is -1.96. The zero-order chi connectivity index (χ0) is 22.1. The molecular weight excluding hydrogens is 416 g/mol. The Morgan fingerprint density at radius 3 is 2.30 bits per heavy atom. The quantitative estimate of drug-likeness (QED) is 0.610. The maximum atomic E-state index is 12.3. The average molecular weight is 435 g/mol. The molecule has 0 spiro atoms. The average Bonchev–Trinajstić information content (AvgIpc) is 2.69. The number of imide groups is 1. The van der Waals surface area contributed by atoms with E-state index in [1.165, 1.54) is 36.4 Å². The second kappa shape index (κ2) is 10.8. The molecule has 30 heavy (non-hydrogen) atoms. The van der Waals surface area contributed by atoms with Gasteiger partial charge in [0.05, 0.1) is 17.2 Å². The van der Waals surface area contributed by atoms with E-state index in [1.807, 2.05) is 5.32 Å². The largest absolute Gasteiger partial charge is 0.480 e. The summed E-state index contributed by atoms with van der Waals surface area (Å²) in [4.78, 5) is 46.6. The third kappa shape index (κ3) is 6.78. The second-order valence-electron chi connectivity index (χ2n) is 5.93. The third-order valence-corrected chi connectivity index (χ3v) is 4.10. The van der Waals surface area contributed by atoms with Crippen molar-refractivity contribution in [3.8, 4) is 5.75 Å². The Morgan fingerprint density at radius 1 is 1.03 bits per heavy atom. The molecule has 1 atom stereocenters. The van der Waals surface area contributed by atoms with E-state index in [1.54, 1.807) is 19.1 Å². The summed E-state index contributed by atoms with van der Waals surface area (Å²) in [6, 6.07) is 11.0. The summed E-state index contributed by atoms with van der Waals surface area (Å²) in [5.74, 6) is -1.69. The van der Waals surface area contributed by atoms with Gasteiger partial charge < -0.3 is 19.9 Å². The number of alkyl carbamates (subject to hydrolysis) is 1. The number of halogens is 1. The molecule has 0 fully saturated rings. The van der Waals surface area contributed by atoms with Crippen LogP contribution >= 0.6 is 11.6 Å². The summed E-state index contributed by atoms with van der Waals surface area (Å²) in [5, 5.41) is 13.9. The van der Waals surface area contributed by atoms with E-state index >= 15 is 0 Å². The van der Waals surface area contributed by atoms with E-state index in [4.69, 9.17) is 16.3 Å². The van der Waals surface area contributed by atoms with Crippen LogP contribution in [0, 0.1) is 0 Å². The molecule has 10 heteroatoms. The van der Waals surface area contributed by atoms with Crippen molar-refractivity contribution >= 4 is 35.7 Å². The molecule has 9 nitrogen and oxygen atoms in total. The van der Waals surface area contributed by atoms with Crippen LogP contribution in [-0.4, -0.2) is 41.8 Å². The highest BCUT2D eigenvalue weighted by Gasteiger charge is 2.22. The molecule has 0 saturated carbocycles. The smallest absolute Gasteiger partial charge is 0.422 e. The van der Waals surface area contributed by atoms with Crippen LogP contribution in [0.4, 0.5) is 9.59 Å². The van der Waals surface area contributed by atoms with Crippen molar-refractivity contribution in [3.05, 3.63) is 64.7 Å². The van der Waals surface area contributed by atoms with Gasteiger partial charge in [-0.2, -0.15) is 0 Å². The standard InChI is InChI=1S/C20H19ClN2O7/c1-2-29-19(27)23-20(28)30-13-9-7-12(8-10-13)11-16(18(25)26)22-17(24)14-5-3-4-6-15(14)21/h3-10,16H,2,11H2,1H3,(H,22,24)(H,25,26)(H,23,27,28)/t16-/m0/s1. The molecule has 2 aromatic rings. The SMILES string of the molecule is CCOC(=O)NC(=O)Oc1ccc(C[C@H](NC(=O)c2ccccc2Cl)C(=O)O)cc1. The van der Waals surface area contributed by atoms with Gasteiger partial charge in [-0.25, -0.2) is 19.7 Å². The molecule has 0 bridgehead atoms. The zero-order valence-electron chi connectivity index (χ0n) is 15.9. The first-order chi connectivity index (χ1) is 14.3. The Labute approximate surface area is 176 Å². The van der Waals surface area contributed by atoms with Gasteiger partial charge in [0.1, 0.15) is 11.8 Å². The Balaban J connectivity index is 1.98. The van der Waals surface area contributed by atoms with Gasteiger partial charge in [0, 0.05) is 6.42 Å². The first-order valence-corrected chi connectivity index (χ1v) is 9.20. The second-order valence-corrected chi connectivity index (χ2v) is 6.33. The van der Waals surface area contributed by atoms with E-state index < -0.39 is 30.1 Å². The minimum atomic E-state index is -1.22. The van der Waals surface area contributed by atoms with Gasteiger partial charge in [0.25, 0.3) is 5.91 Å². The summed E-state index contributed by atoms with van der Waals surface area (Å²) < 4.78 is 9.48. The van der Waals surface area contributed by atoms with Crippen molar-refractivity contribution in [2.45, 2.75) is 19.4 Å². The number of amides is 3. The van der Waals surface area contributed by atoms with Gasteiger partial charge in [-0.3, -0.25) is 4.79 Å². The van der Waals surface area contributed by atoms with Gasteiger partial charge >= 0.3 is 18.2 Å². The Bertz CT molecular complexity index is 931. The number of hydrogen-bond acceptors (Lipinski definition) is 6. The molecule has 0 saturated heterocycles. The van der Waals surface area contributed by atoms with Crippen LogP contribution in [0.15, 0.2) is 48.5 Å². The van der Waals surface area contributed by atoms with E-state index in [9.17, 15) is 24.3 Å². The first kappa shape index (κ1) is 22.7. The van der Waals surface area contributed by atoms with Crippen molar-refractivity contribution in [2.24, 2.45) is 0 Å². The summed E-state index contributed by atoms with van der Waals surface area (Å²) >= 11 is 5.97. The lowest BCUT2D eigenvalue weighted by Crippen LogP contribution is -2.42. The molecule has 158 valence electrons. The number of benzene rings is 2. The van der Waals surface area contributed by atoms with Gasteiger partial charge in [-0.15, -0.1) is 0 Å². The number of carbonyl (C=O) groups excluding carboxylic acids is 3. The number of carbonyl (C=O) groups is 4. The number of carboxylic acid groups (broad SMARTS) is 1. The van der Waals surface area contributed by atoms with Crippen LogP contribution in [0.25, 0.3) is 0 Å². The molecule has 0 aliphatic carbocycles. The fourth-order valence-electron chi connectivity index (χ4n) is 2.39. The Morgan fingerprint density at radius 2 is 1.70 bits per heavy atom. The Kier molecular flexibility index (Phi) is 8.18.